The first kappa shape index (κ1) is 33.4. The minimum absolute atomic E-state index is 0.0597. The highest BCUT2D eigenvalue weighted by Gasteiger charge is 2.47. The van der Waals surface area contributed by atoms with Crippen LogP contribution in [0.5, 0.6) is 0 Å². The van der Waals surface area contributed by atoms with Gasteiger partial charge in [0.25, 0.3) is 5.91 Å². The van der Waals surface area contributed by atoms with Crippen molar-refractivity contribution in [2.75, 3.05) is 34.9 Å². The molecule has 32 heavy (non-hydrogen) atoms. The lowest BCUT2D eigenvalue weighted by atomic mass is 10.1. The van der Waals surface area contributed by atoms with Gasteiger partial charge in [-0.1, -0.05) is 60.7 Å². The molecule has 2 atom stereocenters. The van der Waals surface area contributed by atoms with Crippen molar-refractivity contribution in [2.24, 2.45) is 0 Å². The van der Waals surface area contributed by atoms with E-state index in [1.54, 1.807) is 19.2 Å². The summed E-state index contributed by atoms with van der Waals surface area (Å²) in [7, 11) is 4.63. The van der Waals surface area contributed by atoms with Crippen molar-refractivity contribution in [3.05, 3.63) is 71.8 Å². The lowest BCUT2D eigenvalue weighted by Crippen LogP contribution is -2.35. The fraction of sp³-hybridized carbons (Fsp3) is 0.304. The highest BCUT2D eigenvalue weighted by molar-refractivity contribution is 5.99. The van der Waals surface area contributed by atoms with E-state index in [1.165, 1.54) is 4.90 Å². The van der Waals surface area contributed by atoms with Crippen LogP contribution in [-0.4, -0.2) is 86.5 Å². The monoisotopic (exact) mass is 451 g/mol. The van der Waals surface area contributed by atoms with Gasteiger partial charge in [0.15, 0.2) is 11.9 Å². The summed E-state index contributed by atoms with van der Waals surface area (Å²) in [6.45, 7) is 4.06. The molecule has 1 saturated heterocycles. The second-order valence-corrected chi connectivity index (χ2v) is 5.37. The summed E-state index contributed by atoms with van der Waals surface area (Å²) in [5, 5.41) is 21.0. The van der Waals surface area contributed by atoms with E-state index < -0.39 is 6.10 Å². The number of epoxide rings is 1. The van der Waals surface area contributed by atoms with Gasteiger partial charge in [-0.05, 0) is 5.56 Å². The Labute approximate surface area is 188 Å². The van der Waals surface area contributed by atoms with Gasteiger partial charge in [-0.15, -0.1) is 0 Å². The molecule has 0 saturated carbocycles. The van der Waals surface area contributed by atoms with Crippen LogP contribution in [-0.2, 0) is 19.1 Å². The second-order valence-electron chi connectivity index (χ2n) is 5.37. The molecule has 1 fully saturated rings. The molecule has 9 nitrogen and oxygen atoms in total. The van der Waals surface area contributed by atoms with E-state index in [2.05, 4.69) is 0 Å². The van der Waals surface area contributed by atoms with Gasteiger partial charge in [0, 0.05) is 33.9 Å². The Morgan fingerprint density at radius 1 is 0.812 bits per heavy atom. The molecule has 1 heterocycles. The molecule has 1 aliphatic heterocycles. The summed E-state index contributed by atoms with van der Waals surface area (Å²) in [6, 6.07) is 18.6. The Bertz CT molecular complexity index is 710. The molecule has 2 aromatic rings. The predicted octanol–water partition coefficient (Wildman–Crippen LogP) is 0.923. The van der Waals surface area contributed by atoms with Gasteiger partial charge < -0.3 is 34.5 Å². The fourth-order valence-corrected chi connectivity index (χ4v) is 2.42. The number of hydrogen-bond acceptors (Lipinski definition) is 8. The van der Waals surface area contributed by atoms with E-state index in [0.29, 0.717) is 5.56 Å². The summed E-state index contributed by atoms with van der Waals surface area (Å²) in [4.78, 5) is 41.9. The highest BCUT2D eigenvalue weighted by Crippen LogP contribution is 2.39. The molecule has 0 bridgehead atoms. The van der Waals surface area contributed by atoms with Gasteiger partial charge in [-0.3, -0.25) is 9.59 Å². The minimum atomic E-state index is -0.476. The lowest BCUT2D eigenvalue weighted by molar-refractivity contribution is -0.130. The number of nitrogens with zero attached hydrogens (tertiary/aromatic N) is 1. The van der Waals surface area contributed by atoms with Gasteiger partial charge in [0.2, 0.25) is 0 Å². The molecule has 1 aliphatic rings. The number of hydrogen-bond donors (Lipinski definition) is 3. The summed E-state index contributed by atoms with van der Waals surface area (Å²) in [6.07, 6.45) is -0.668. The molecule has 178 valence electrons. The van der Waals surface area contributed by atoms with Crippen molar-refractivity contribution < 1.29 is 39.2 Å². The Morgan fingerprint density at radius 3 is 1.66 bits per heavy atom. The summed E-state index contributed by atoms with van der Waals surface area (Å²) in [5.74, 6) is -0.230. The normalized spacial score (nSPS) is 14.2. The smallest absolute Gasteiger partial charge is 0.254 e. The molecule has 1 amide bonds. The van der Waals surface area contributed by atoms with Crippen molar-refractivity contribution in [3.8, 4) is 0 Å². The number of benzene rings is 2. The van der Waals surface area contributed by atoms with E-state index in [9.17, 15) is 9.59 Å². The number of aliphatic hydroxyl groups is 3. The summed E-state index contributed by atoms with van der Waals surface area (Å²) >= 11 is 0. The number of ketones is 1. The van der Waals surface area contributed by atoms with Crippen LogP contribution >= 0.6 is 0 Å². The van der Waals surface area contributed by atoms with Gasteiger partial charge in [-0.25, -0.2) is 0 Å². The maximum atomic E-state index is 12.3. The number of amides is 1. The van der Waals surface area contributed by atoms with Crippen LogP contribution in [0.25, 0.3) is 0 Å². The fourth-order valence-electron chi connectivity index (χ4n) is 2.42. The zero-order valence-electron chi connectivity index (χ0n) is 18.9. The van der Waals surface area contributed by atoms with E-state index in [1.807, 2.05) is 62.1 Å². The quantitative estimate of drug-likeness (QED) is 0.450. The molecule has 9 heteroatoms. The Balaban J connectivity index is -0.000000744. The number of ether oxygens (including phenoxy) is 1. The summed E-state index contributed by atoms with van der Waals surface area (Å²) < 4.78 is 5.47. The van der Waals surface area contributed by atoms with Crippen molar-refractivity contribution in [2.45, 2.75) is 12.2 Å². The lowest BCUT2D eigenvalue weighted by Gasteiger charge is -2.15. The molecule has 0 aromatic heterocycles. The minimum Gasteiger partial charge on any atom is -0.400 e. The molecule has 0 spiro atoms. The first-order chi connectivity index (χ1) is 15.7. The molecule has 3 rings (SSSR count). The van der Waals surface area contributed by atoms with Crippen LogP contribution in [0.1, 0.15) is 22.0 Å². The molecule has 0 radical (unpaired) electrons. The molecule has 2 aromatic carbocycles. The van der Waals surface area contributed by atoms with Gasteiger partial charge in [0.05, 0.1) is 6.54 Å². The molecule has 0 unspecified atom stereocenters. The summed E-state index contributed by atoms with van der Waals surface area (Å²) in [5.41, 5.74) is 1.60. The predicted molar refractivity (Wildman–Crippen MR) is 121 cm³/mol. The van der Waals surface area contributed by atoms with E-state index in [0.717, 1.165) is 26.9 Å². The number of carbonyl (C=O) groups excluding carboxylic acids is 4. The Morgan fingerprint density at radius 2 is 1.22 bits per heavy atom. The topological polar surface area (TPSA) is 145 Å². The number of carbonyl (C=O) groups is 4. The average Bonchev–Trinajstić information content (AvgIpc) is 3.71. The van der Waals surface area contributed by atoms with Crippen molar-refractivity contribution >= 4 is 25.3 Å². The van der Waals surface area contributed by atoms with Crippen LogP contribution in [0.4, 0.5) is 0 Å². The largest absolute Gasteiger partial charge is 0.400 e. The molecular weight excluding hydrogens is 418 g/mol. The molecule has 3 N–H and O–H groups in total. The third-order valence-corrected chi connectivity index (χ3v) is 3.72. The first-order valence-corrected chi connectivity index (χ1v) is 9.12. The number of aliphatic hydroxyl groups excluding tert-OH is 3. The Kier molecular flexibility index (Phi) is 23.4. The van der Waals surface area contributed by atoms with Gasteiger partial charge in [0.1, 0.15) is 19.7 Å². The van der Waals surface area contributed by atoms with Crippen molar-refractivity contribution in [1.29, 1.82) is 0 Å². The third kappa shape index (κ3) is 11.8. The first-order valence-electron chi connectivity index (χ1n) is 9.12. The van der Waals surface area contributed by atoms with Crippen LogP contribution in [0.15, 0.2) is 60.7 Å². The zero-order chi connectivity index (χ0) is 25.5. The van der Waals surface area contributed by atoms with Crippen LogP contribution in [0, 0.1) is 0 Å². The van der Waals surface area contributed by atoms with E-state index >= 15 is 0 Å². The third-order valence-electron chi connectivity index (χ3n) is 3.72. The van der Waals surface area contributed by atoms with Gasteiger partial charge >= 0.3 is 0 Å². The SMILES string of the molecule is C=O.C=O.CN(CC(=O)c1ccccc1)C(=O)[C@H]1O[C@@H]1c1ccccc1.CO.CO.CO. The second kappa shape index (κ2) is 22.4. The number of rotatable bonds is 5. The zero-order valence-corrected chi connectivity index (χ0v) is 18.9. The standard InChI is InChI=1S/C18H17NO3.3CH4O.2CH2O/c1-19(12-15(20)13-8-4-2-5-9-13)18(21)17-16(22-17)14-10-6-3-7-11-14;5*1-2/h2-11,16-17H,12H2,1H3;3*2H,1H3;2*1H2/t16-,17+;;;;;/m1...../s1. The highest BCUT2D eigenvalue weighted by atomic mass is 16.6. The Hall–Kier alpha value is -3.24. The van der Waals surface area contributed by atoms with Crippen LogP contribution in [0.3, 0.4) is 0 Å². The molecule has 0 aliphatic carbocycles. The van der Waals surface area contributed by atoms with Gasteiger partial charge in [-0.2, -0.15) is 0 Å². The van der Waals surface area contributed by atoms with E-state index in [4.69, 9.17) is 29.6 Å². The number of likely N-dealkylation sites (N-methyl/N-ethyl adjacent to an activating group) is 1. The molecular formula is C23H33NO8. The van der Waals surface area contributed by atoms with Crippen molar-refractivity contribution in [1.82, 2.24) is 4.90 Å². The van der Waals surface area contributed by atoms with E-state index in [-0.39, 0.29) is 24.3 Å². The number of Topliss-reactive ketones (excluding diaryl/α,β-unsaturated/α-hetero) is 1. The average molecular weight is 452 g/mol. The van der Waals surface area contributed by atoms with Crippen molar-refractivity contribution in [3.63, 3.8) is 0 Å². The van der Waals surface area contributed by atoms with Crippen LogP contribution in [0.2, 0.25) is 0 Å². The maximum Gasteiger partial charge on any atom is 0.254 e. The van der Waals surface area contributed by atoms with Crippen LogP contribution < -0.4 is 0 Å². The maximum absolute atomic E-state index is 12.3.